The summed E-state index contributed by atoms with van der Waals surface area (Å²) in [5, 5.41) is 7.14. The summed E-state index contributed by atoms with van der Waals surface area (Å²) in [6.45, 7) is 3.20. The second-order valence-electron chi connectivity index (χ2n) is 7.36. The second-order valence-corrected chi connectivity index (χ2v) is 7.36. The summed E-state index contributed by atoms with van der Waals surface area (Å²) < 4.78 is 10.9. The minimum atomic E-state index is -0.0316. The van der Waals surface area contributed by atoms with Crippen LogP contribution in [0.2, 0.25) is 0 Å². The molecule has 1 N–H and O–H groups in total. The van der Waals surface area contributed by atoms with Gasteiger partial charge in [0.05, 0.1) is 19.3 Å². The van der Waals surface area contributed by atoms with Crippen molar-refractivity contribution in [3.63, 3.8) is 0 Å². The van der Waals surface area contributed by atoms with E-state index in [0.717, 1.165) is 17.5 Å². The number of hydrogen-bond donors (Lipinski definition) is 1. The predicted molar refractivity (Wildman–Crippen MR) is 107 cm³/mol. The first kappa shape index (κ1) is 19.3. The lowest BCUT2D eigenvalue weighted by molar-refractivity contribution is -0.122. The molecule has 0 radical (unpaired) electrons. The van der Waals surface area contributed by atoms with Gasteiger partial charge >= 0.3 is 0 Å². The first-order valence-electron chi connectivity index (χ1n) is 9.83. The van der Waals surface area contributed by atoms with Crippen molar-refractivity contribution in [3.05, 3.63) is 65.8 Å². The van der Waals surface area contributed by atoms with Crippen LogP contribution in [0.5, 0.6) is 0 Å². The third-order valence-electron chi connectivity index (χ3n) is 5.21. The van der Waals surface area contributed by atoms with Gasteiger partial charge in [-0.15, -0.1) is 0 Å². The van der Waals surface area contributed by atoms with Crippen molar-refractivity contribution in [2.75, 3.05) is 13.2 Å². The van der Waals surface area contributed by atoms with Crippen molar-refractivity contribution in [2.45, 2.75) is 32.2 Å². The van der Waals surface area contributed by atoms with Crippen LogP contribution in [0.25, 0.3) is 11.4 Å². The maximum Gasteiger partial charge on any atom is 0.227 e. The third kappa shape index (κ3) is 4.86. The van der Waals surface area contributed by atoms with Crippen LogP contribution in [0.15, 0.2) is 53.3 Å². The van der Waals surface area contributed by atoms with Crippen LogP contribution in [0.1, 0.15) is 23.4 Å². The Kier molecular flexibility index (Phi) is 5.95. The van der Waals surface area contributed by atoms with Gasteiger partial charge in [-0.2, -0.15) is 4.98 Å². The maximum atomic E-state index is 12.4. The Morgan fingerprint density at radius 3 is 2.83 bits per heavy atom. The summed E-state index contributed by atoms with van der Waals surface area (Å²) in [5.41, 5.74) is 3.22. The molecule has 7 heteroatoms. The first-order chi connectivity index (χ1) is 14.2. The molecule has 1 fully saturated rings. The Labute approximate surface area is 169 Å². The number of aryl methyl sites for hydroxylation is 2. The lowest BCUT2D eigenvalue weighted by Crippen LogP contribution is -2.40. The van der Waals surface area contributed by atoms with Gasteiger partial charge in [0, 0.05) is 36.7 Å². The molecule has 1 aliphatic heterocycles. The van der Waals surface area contributed by atoms with E-state index in [1.54, 1.807) is 12.4 Å². The molecule has 0 unspecified atom stereocenters. The number of pyridine rings is 1. The van der Waals surface area contributed by atoms with Gasteiger partial charge < -0.3 is 14.6 Å². The van der Waals surface area contributed by atoms with E-state index in [1.165, 1.54) is 5.56 Å². The number of nitrogens with one attached hydrogen (secondary N) is 1. The molecule has 0 saturated carbocycles. The quantitative estimate of drug-likeness (QED) is 0.665. The van der Waals surface area contributed by atoms with Crippen molar-refractivity contribution in [1.29, 1.82) is 0 Å². The van der Waals surface area contributed by atoms with Crippen molar-refractivity contribution in [3.8, 4) is 11.4 Å². The zero-order chi connectivity index (χ0) is 20.1. The molecule has 2 atom stereocenters. The van der Waals surface area contributed by atoms with E-state index in [2.05, 4.69) is 20.4 Å². The number of nitrogens with zero attached hydrogens (tertiary/aromatic N) is 3. The fourth-order valence-electron chi connectivity index (χ4n) is 3.57. The third-order valence-corrected chi connectivity index (χ3v) is 5.21. The van der Waals surface area contributed by atoms with Crippen LogP contribution >= 0.6 is 0 Å². The van der Waals surface area contributed by atoms with E-state index in [9.17, 15) is 4.79 Å². The highest BCUT2D eigenvalue weighted by Crippen LogP contribution is 2.21. The zero-order valence-corrected chi connectivity index (χ0v) is 16.4. The molecule has 4 rings (SSSR count). The Balaban J connectivity index is 1.29. The van der Waals surface area contributed by atoms with Crippen LogP contribution in [-0.4, -0.2) is 40.3 Å². The van der Waals surface area contributed by atoms with E-state index < -0.39 is 0 Å². The highest BCUT2D eigenvalue weighted by atomic mass is 16.5. The van der Waals surface area contributed by atoms with E-state index in [1.807, 2.05) is 43.3 Å². The zero-order valence-electron chi connectivity index (χ0n) is 16.4. The SMILES string of the molecule is Cc1ccccc1-c1noc(CCC(=O)N[C@@H]2COC[C@H]2Cc2ccncc2)n1. The van der Waals surface area contributed by atoms with E-state index in [-0.39, 0.29) is 17.9 Å². The van der Waals surface area contributed by atoms with Gasteiger partial charge in [0.25, 0.3) is 0 Å². The summed E-state index contributed by atoms with van der Waals surface area (Å²) in [4.78, 5) is 20.9. The van der Waals surface area contributed by atoms with Crippen molar-refractivity contribution >= 4 is 5.91 Å². The van der Waals surface area contributed by atoms with Crippen molar-refractivity contribution in [1.82, 2.24) is 20.4 Å². The Hall–Kier alpha value is -3.06. The molecule has 150 valence electrons. The molecule has 1 aromatic carbocycles. The summed E-state index contributed by atoms with van der Waals surface area (Å²) in [5.74, 6) is 1.25. The summed E-state index contributed by atoms with van der Waals surface area (Å²) >= 11 is 0. The van der Waals surface area contributed by atoms with Crippen LogP contribution in [-0.2, 0) is 22.4 Å². The van der Waals surface area contributed by atoms with Gasteiger partial charge in [-0.3, -0.25) is 9.78 Å². The molecule has 3 heterocycles. The fourth-order valence-corrected chi connectivity index (χ4v) is 3.57. The van der Waals surface area contributed by atoms with Gasteiger partial charge in [-0.1, -0.05) is 29.4 Å². The van der Waals surface area contributed by atoms with Crippen molar-refractivity contribution < 1.29 is 14.1 Å². The van der Waals surface area contributed by atoms with E-state index in [4.69, 9.17) is 9.26 Å². The summed E-state index contributed by atoms with van der Waals surface area (Å²) in [6, 6.07) is 11.9. The number of aromatic nitrogens is 3. The van der Waals surface area contributed by atoms with Crippen molar-refractivity contribution in [2.24, 2.45) is 5.92 Å². The lowest BCUT2D eigenvalue weighted by atomic mass is 9.95. The molecule has 0 bridgehead atoms. The summed E-state index contributed by atoms with van der Waals surface area (Å²) in [6.07, 6.45) is 5.14. The van der Waals surface area contributed by atoms with E-state index in [0.29, 0.717) is 37.8 Å². The smallest absolute Gasteiger partial charge is 0.227 e. The number of amides is 1. The second kappa shape index (κ2) is 8.96. The standard InChI is InChI=1S/C22H24N4O3/c1-15-4-2-3-5-18(15)22-25-21(29-26-22)7-6-20(27)24-19-14-28-13-17(19)12-16-8-10-23-11-9-16/h2-5,8-11,17,19H,6-7,12-14H2,1H3,(H,24,27)/t17-,19-/m1/s1. The van der Waals surface area contributed by atoms with Crippen LogP contribution < -0.4 is 5.32 Å². The number of carbonyl (C=O) groups excluding carboxylic acids is 1. The molecule has 3 aromatic rings. The molecule has 1 amide bonds. The highest BCUT2D eigenvalue weighted by Gasteiger charge is 2.29. The van der Waals surface area contributed by atoms with Gasteiger partial charge in [-0.05, 0) is 36.6 Å². The highest BCUT2D eigenvalue weighted by molar-refractivity contribution is 5.76. The molecular weight excluding hydrogens is 368 g/mol. The summed E-state index contributed by atoms with van der Waals surface area (Å²) in [7, 11) is 0. The molecule has 1 aliphatic rings. The minimum Gasteiger partial charge on any atom is -0.379 e. The largest absolute Gasteiger partial charge is 0.379 e. The first-order valence-corrected chi connectivity index (χ1v) is 9.83. The number of hydrogen-bond acceptors (Lipinski definition) is 6. The Morgan fingerprint density at radius 1 is 1.17 bits per heavy atom. The van der Waals surface area contributed by atoms with Gasteiger partial charge in [0.15, 0.2) is 0 Å². The molecule has 0 spiro atoms. The van der Waals surface area contributed by atoms with Crippen LogP contribution in [0.4, 0.5) is 0 Å². The maximum absolute atomic E-state index is 12.4. The predicted octanol–water partition coefficient (Wildman–Crippen LogP) is 2.75. The van der Waals surface area contributed by atoms with Gasteiger partial charge in [-0.25, -0.2) is 0 Å². The van der Waals surface area contributed by atoms with Gasteiger partial charge in [0.1, 0.15) is 0 Å². The van der Waals surface area contributed by atoms with E-state index >= 15 is 0 Å². The minimum absolute atomic E-state index is 0.0147. The van der Waals surface area contributed by atoms with Crippen LogP contribution in [0.3, 0.4) is 0 Å². The number of ether oxygens (including phenoxy) is 1. The topological polar surface area (TPSA) is 90.1 Å². The molecule has 29 heavy (non-hydrogen) atoms. The normalized spacial score (nSPS) is 18.7. The average molecular weight is 392 g/mol. The average Bonchev–Trinajstić information content (AvgIpc) is 3.37. The molecular formula is C22H24N4O3. The monoisotopic (exact) mass is 392 g/mol. The number of benzene rings is 1. The molecule has 1 saturated heterocycles. The molecule has 2 aromatic heterocycles. The number of carbonyl (C=O) groups is 1. The van der Waals surface area contributed by atoms with Crippen LogP contribution in [0, 0.1) is 12.8 Å². The number of rotatable bonds is 7. The Morgan fingerprint density at radius 2 is 2.00 bits per heavy atom. The van der Waals surface area contributed by atoms with Gasteiger partial charge in [0.2, 0.25) is 17.6 Å². The fraction of sp³-hybridized carbons (Fsp3) is 0.364. The Bertz CT molecular complexity index is 957. The molecule has 0 aliphatic carbocycles. The molecule has 7 nitrogen and oxygen atoms in total. The lowest BCUT2D eigenvalue weighted by Gasteiger charge is -2.19.